The maximum Gasteiger partial charge on any atom is 0.280 e. The van der Waals surface area contributed by atoms with Crippen LogP contribution in [-0.4, -0.2) is 37.2 Å². The van der Waals surface area contributed by atoms with Crippen LogP contribution in [0.15, 0.2) is 0 Å². The zero-order chi connectivity index (χ0) is 11.6. The van der Waals surface area contributed by atoms with E-state index >= 15 is 0 Å². The van der Waals surface area contributed by atoms with E-state index in [1.54, 1.807) is 13.8 Å². The predicted molar refractivity (Wildman–Crippen MR) is 58.8 cm³/mol. The molecular weight excluding hydrogens is 216 g/mol. The molecule has 0 spiro atoms. The van der Waals surface area contributed by atoms with Gasteiger partial charge in [0.25, 0.3) is 10.2 Å². The van der Waals surface area contributed by atoms with Crippen molar-refractivity contribution in [3.05, 3.63) is 0 Å². The Hall–Kier alpha value is -0.660. The van der Waals surface area contributed by atoms with Crippen molar-refractivity contribution in [2.75, 3.05) is 6.54 Å². The zero-order valence-electron chi connectivity index (χ0n) is 9.03. The molecule has 88 valence electrons. The second kappa shape index (κ2) is 4.46. The largest absolute Gasteiger partial charge is 0.386 e. The van der Waals surface area contributed by atoms with Gasteiger partial charge in [-0.05, 0) is 26.7 Å². The van der Waals surface area contributed by atoms with Gasteiger partial charge in [-0.2, -0.15) is 17.4 Å². The highest BCUT2D eigenvalue weighted by molar-refractivity contribution is 7.87. The van der Waals surface area contributed by atoms with Gasteiger partial charge < -0.3 is 5.73 Å². The lowest BCUT2D eigenvalue weighted by molar-refractivity contribution is 0.428. The summed E-state index contributed by atoms with van der Waals surface area (Å²) in [5.74, 6) is -0.0818. The minimum absolute atomic E-state index is 0.0818. The molecule has 4 N–H and O–H groups in total. The number of rotatable bonds is 4. The van der Waals surface area contributed by atoms with E-state index in [1.165, 1.54) is 4.31 Å². The van der Waals surface area contributed by atoms with E-state index < -0.39 is 16.3 Å². The van der Waals surface area contributed by atoms with Crippen LogP contribution in [0.5, 0.6) is 0 Å². The summed E-state index contributed by atoms with van der Waals surface area (Å²) >= 11 is 0. The molecule has 0 aromatic carbocycles. The van der Waals surface area contributed by atoms with Gasteiger partial charge in [0, 0.05) is 12.6 Å². The molecule has 0 aromatic rings. The van der Waals surface area contributed by atoms with E-state index in [4.69, 9.17) is 11.1 Å². The van der Waals surface area contributed by atoms with Gasteiger partial charge in [0.05, 0.1) is 6.04 Å². The van der Waals surface area contributed by atoms with Gasteiger partial charge in [0.15, 0.2) is 0 Å². The molecule has 1 atom stereocenters. The summed E-state index contributed by atoms with van der Waals surface area (Å²) in [5, 5.41) is 7.33. The number of nitrogens with zero attached hydrogens (tertiary/aromatic N) is 1. The van der Waals surface area contributed by atoms with Crippen molar-refractivity contribution in [1.29, 1.82) is 5.41 Å². The fourth-order valence-electron chi connectivity index (χ4n) is 1.70. The van der Waals surface area contributed by atoms with Crippen LogP contribution in [0.3, 0.4) is 0 Å². The lowest BCUT2D eigenvalue weighted by atomic mass is 10.2. The van der Waals surface area contributed by atoms with Crippen molar-refractivity contribution in [1.82, 2.24) is 9.03 Å². The first-order valence-electron chi connectivity index (χ1n) is 4.97. The van der Waals surface area contributed by atoms with Gasteiger partial charge in [-0.25, -0.2) is 0 Å². The SMILES string of the molecule is CC(C)NS(=O)(=O)N1CCCC1C(=N)N. The monoisotopic (exact) mass is 234 g/mol. The van der Waals surface area contributed by atoms with Crippen LogP contribution in [0, 0.1) is 5.41 Å². The van der Waals surface area contributed by atoms with Crippen LogP contribution in [0.1, 0.15) is 26.7 Å². The average Bonchev–Trinajstić information content (AvgIpc) is 2.48. The number of hydrogen-bond acceptors (Lipinski definition) is 3. The van der Waals surface area contributed by atoms with Gasteiger partial charge in [0.2, 0.25) is 0 Å². The number of nitrogens with two attached hydrogens (primary N) is 1. The minimum Gasteiger partial charge on any atom is -0.386 e. The molecular formula is C8H18N4O2S. The molecule has 15 heavy (non-hydrogen) atoms. The molecule has 0 aliphatic carbocycles. The van der Waals surface area contributed by atoms with Crippen LogP contribution in [0.25, 0.3) is 0 Å². The minimum atomic E-state index is -3.49. The Morgan fingerprint density at radius 1 is 1.60 bits per heavy atom. The van der Waals surface area contributed by atoms with Crippen molar-refractivity contribution in [2.24, 2.45) is 5.73 Å². The Balaban J connectivity index is 2.82. The lowest BCUT2D eigenvalue weighted by Gasteiger charge is -2.24. The Kier molecular flexibility index (Phi) is 3.69. The first-order valence-corrected chi connectivity index (χ1v) is 6.41. The molecule has 1 saturated heterocycles. The third-order valence-corrected chi connectivity index (χ3v) is 4.08. The van der Waals surface area contributed by atoms with Gasteiger partial charge in [-0.1, -0.05) is 0 Å². The number of hydrogen-bond donors (Lipinski definition) is 3. The van der Waals surface area contributed by atoms with Crippen LogP contribution in [0.2, 0.25) is 0 Å². The molecule has 1 aliphatic heterocycles. The summed E-state index contributed by atoms with van der Waals surface area (Å²) in [5.41, 5.74) is 5.37. The second-order valence-corrected chi connectivity index (χ2v) is 5.66. The molecule has 0 saturated carbocycles. The summed E-state index contributed by atoms with van der Waals surface area (Å²) in [6.45, 7) is 3.96. The summed E-state index contributed by atoms with van der Waals surface area (Å²) in [7, 11) is -3.49. The molecule has 1 aliphatic rings. The molecule has 6 nitrogen and oxygen atoms in total. The average molecular weight is 234 g/mol. The normalized spacial score (nSPS) is 23.5. The first kappa shape index (κ1) is 12.4. The molecule has 1 fully saturated rings. The van der Waals surface area contributed by atoms with Crippen LogP contribution >= 0.6 is 0 Å². The zero-order valence-corrected chi connectivity index (χ0v) is 9.84. The summed E-state index contributed by atoms with van der Waals surface area (Å²) in [4.78, 5) is 0. The van der Waals surface area contributed by atoms with Crippen LogP contribution in [0.4, 0.5) is 0 Å². The molecule has 0 aromatic heterocycles. The Morgan fingerprint density at radius 2 is 2.20 bits per heavy atom. The smallest absolute Gasteiger partial charge is 0.280 e. The molecule has 0 radical (unpaired) electrons. The Labute approximate surface area is 90.5 Å². The highest BCUT2D eigenvalue weighted by atomic mass is 32.2. The lowest BCUT2D eigenvalue weighted by Crippen LogP contribution is -2.49. The Morgan fingerprint density at radius 3 is 2.67 bits per heavy atom. The fourth-order valence-corrected chi connectivity index (χ4v) is 3.36. The van der Waals surface area contributed by atoms with Crippen molar-refractivity contribution in [3.63, 3.8) is 0 Å². The third kappa shape index (κ3) is 2.90. The quantitative estimate of drug-likeness (QED) is 0.457. The molecule has 7 heteroatoms. The van der Waals surface area contributed by atoms with Gasteiger partial charge in [-0.3, -0.25) is 5.41 Å². The van der Waals surface area contributed by atoms with E-state index in [2.05, 4.69) is 4.72 Å². The number of nitrogens with one attached hydrogen (secondary N) is 2. The van der Waals surface area contributed by atoms with E-state index in [-0.39, 0.29) is 11.9 Å². The maximum absolute atomic E-state index is 11.8. The topological polar surface area (TPSA) is 99.3 Å². The predicted octanol–water partition coefficient (Wildman–Crippen LogP) is -0.370. The molecule has 1 heterocycles. The van der Waals surface area contributed by atoms with Crippen molar-refractivity contribution < 1.29 is 8.42 Å². The van der Waals surface area contributed by atoms with E-state index in [0.717, 1.165) is 6.42 Å². The van der Waals surface area contributed by atoms with Gasteiger partial charge in [-0.15, -0.1) is 0 Å². The van der Waals surface area contributed by atoms with E-state index in [1.807, 2.05) is 0 Å². The maximum atomic E-state index is 11.8. The molecule has 1 rings (SSSR count). The van der Waals surface area contributed by atoms with Crippen LogP contribution < -0.4 is 10.5 Å². The highest BCUT2D eigenvalue weighted by Gasteiger charge is 2.35. The van der Waals surface area contributed by atoms with Crippen molar-refractivity contribution >= 4 is 16.0 Å². The summed E-state index contributed by atoms with van der Waals surface area (Å²) in [6, 6.07) is -0.621. The third-order valence-electron chi connectivity index (χ3n) is 2.26. The molecule has 0 amide bonds. The second-order valence-electron chi connectivity index (χ2n) is 4.00. The first-order chi connectivity index (χ1) is 6.84. The standard InChI is InChI=1S/C8H18N4O2S/c1-6(2)11-15(13,14)12-5-3-4-7(12)8(9)10/h6-7,11H,3-5H2,1-2H3,(H3,9,10). The highest BCUT2D eigenvalue weighted by Crippen LogP contribution is 2.20. The fraction of sp³-hybridized carbons (Fsp3) is 0.875. The molecule has 1 unspecified atom stereocenters. The number of amidine groups is 1. The van der Waals surface area contributed by atoms with E-state index in [0.29, 0.717) is 13.0 Å². The van der Waals surface area contributed by atoms with Crippen molar-refractivity contribution in [3.8, 4) is 0 Å². The summed E-state index contributed by atoms with van der Waals surface area (Å²) < 4.78 is 27.4. The van der Waals surface area contributed by atoms with Crippen LogP contribution in [-0.2, 0) is 10.2 Å². The van der Waals surface area contributed by atoms with Gasteiger partial charge in [0.1, 0.15) is 5.84 Å². The molecule has 0 bridgehead atoms. The van der Waals surface area contributed by atoms with Gasteiger partial charge >= 0.3 is 0 Å². The van der Waals surface area contributed by atoms with Crippen molar-refractivity contribution in [2.45, 2.75) is 38.8 Å². The Bertz CT molecular complexity index is 339. The van der Waals surface area contributed by atoms with E-state index in [9.17, 15) is 8.42 Å². The summed E-state index contributed by atoms with van der Waals surface area (Å²) in [6.07, 6.45) is 1.39.